The molecule has 0 spiro atoms. The smallest absolute Gasteiger partial charge is 0.300 e. The lowest BCUT2D eigenvalue weighted by Crippen LogP contribution is -2.34. The third-order valence-corrected chi connectivity index (χ3v) is 3.19. The molecule has 1 atom stereocenters. The summed E-state index contributed by atoms with van der Waals surface area (Å²) >= 11 is 5.66. The van der Waals surface area contributed by atoms with Crippen LogP contribution in [0.1, 0.15) is 30.1 Å². The quantitative estimate of drug-likeness (QED) is 0.516. The van der Waals surface area contributed by atoms with E-state index in [-0.39, 0.29) is 22.4 Å². The van der Waals surface area contributed by atoms with Crippen LogP contribution in [0.25, 0.3) is 0 Å². The Kier molecular flexibility index (Phi) is 3.47. The van der Waals surface area contributed by atoms with E-state index in [1.54, 1.807) is 0 Å². The van der Waals surface area contributed by atoms with E-state index in [2.05, 4.69) is 10.3 Å². The highest BCUT2D eigenvalue weighted by atomic mass is 35.5. The van der Waals surface area contributed by atoms with Crippen molar-refractivity contribution < 1.29 is 9.72 Å². The van der Waals surface area contributed by atoms with E-state index in [1.807, 2.05) is 6.92 Å². The van der Waals surface area contributed by atoms with Crippen molar-refractivity contribution >= 4 is 23.2 Å². The maximum absolute atomic E-state index is 12.0. The summed E-state index contributed by atoms with van der Waals surface area (Å²) in [6.45, 7) is 1.89. The van der Waals surface area contributed by atoms with Crippen LogP contribution < -0.4 is 5.32 Å². The molecule has 1 aromatic rings. The highest BCUT2D eigenvalue weighted by molar-refractivity contribution is 6.29. The van der Waals surface area contributed by atoms with Gasteiger partial charge in [-0.15, -0.1) is 0 Å². The molecule has 1 amide bonds. The number of nitrogens with zero attached hydrogens (tertiary/aromatic N) is 2. The Hall–Kier alpha value is -1.69. The third kappa shape index (κ3) is 2.76. The minimum Gasteiger partial charge on any atom is -0.349 e. The van der Waals surface area contributed by atoms with Gasteiger partial charge in [-0.3, -0.25) is 14.9 Å². The number of nitrogens with one attached hydrogen (secondary N) is 1. The van der Waals surface area contributed by atoms with Crippen LogP contribution >= 0.6 is 11.6 Å². The lowest BCUT2D eigenvalue weighted by Gasteiger charge is -2.12. The Morgan fingerprint density at radius 1 is 1.67 bits per heavy atom. The highest BCUT2D eigenvalue weighted by Crippen LogP contribution is 2.32. The van der Waals surface area contributed by atoms with E-state index in [0.717, 1.165) is 19.0 Å². The van der Waals surface area contributed by atoms with Crippen LogP contribution in [0.3, 0.4) is 0 Å². The van der Waals surface area contributed by atoms with Crippen LogP contribution in [-0.2, 0) is 0 Å². The second kappa shape index (κ2) is 4.89. The summed E-state index contributed by atoms with van der Waals surface area (Å²) in [5.74, 6) is -0.00397. The zero-order chi connectivity index (χ0) is 13.3. The van der Waals surface area contributed by atoms with E-state index in [0.29, 0.717) is 5.92 Å². The Bertz CT molecular complexity index is 502. The first kappa shape index (κ1) is 12.8. The van der Waals surface area contributed by atoms with Gasteiger partial charge in [-0.25, -0.2) is 4.98 Å². The Morgan fingerprint density at radius 2 is 2.33 bits per heavy atom. The average molecular weight is 270 g/mol. The van der Waals surface area contributed by atoms with Crippen LogP contribution in [0.5, 0.6) is 0 Å². The van der Waals surface area contributed by atoms with Crippen LogP contribution in [-0.4, -0.2) is 21.9 Å². The number of aromatic nitrogens is 1. The van der Waals surface area contributed by atoms with Crippen LogP contribution in [0.4, 0.5) is 5.69 Å². The molecule has 7 heteroatoms. The second-order valence-corrected chi connectivity index (χ2v) is 4.77. The second-order valence-electron chi connectivity index (χ2n) is 4.38. The monoisotopic (exact) mass is 269 g/mol. The van der Waals surface area contributed by atoms with Gasteiger partial charge in [-0.05, 0) is 31.7 Å². The van der Waals surface area contributed by atoms with Gasteiger partial charge in [0.1, 0.15) is 16.9 Å². The molecule has 0 aliphatic heterocycles. The summed E-state index contributed by atoms with van der Waals surface area (Å²) in [4.78, 5) is 25.7. The van der Waals surface area contributed by atoms with Gasteiger partial charge in [-0.1, -0.05) is 11.6 Å². The van der Waals surface area contributed by atoms with Crippen LogP contribution in [0.2, 0.25) is 5.15 Å². The molecule has 1 aromatic heterocycles. The number of hydrogen-bond donors (Lipinski definition) is 1. The van der Waals surface area contributed by atoms with Crippen molar-refractivity contribution in [3.05, 3.63) is 33.1 Å². The van der Waals surface area contributed by atoms with Crippen molar-refractivity contribution in [3.8, 4) is 0 Å². The van der Waals surface area contributed by atoms with Gasteiger partial charge in [0, 0.05) is 6.04 Å². The lowest BCUT2D eigenvalue weighted by molar-refractivity contribution is -0.385. The molecule has 6 nitrogen and oxygen atoms in total. The predicted octanol–water partition coefficient (Wildman–Crippen LogP) is 2.17. The number of nitro groups is 1. The summed E-state index contributed by atoms with van der Waals surface area (Å²) in [5, 5.41) is 13.6. The zero-order valence-corrected chi connectivity index (χ0v) is 10.5. The maximum atomic E-state index is 12.0. The van der Waals surface area contributed by atoms with E-state index in [1.165, 1.54) is 6.07 Å². The van der Waals surface area contributed by atoms with Crippen molar-refractivity contribution in [3.63, 3.8) is 0 Å². The van der Waals surface area contributed by atoms with Gasteiger partial charge >= 0.3 is 0 Å². The molecule has 0 bridgehead atoms. The molecular formula is C11H12ClN3O3. The van der Waals surface area contributed by atoms with Crippen molar-refractivity contribution in [1.82, 2.24) is 10.3 Å². The average Bonchev–Trinajstić information content (AvgIpc) is 3.11. The molecule has 0 saturated heterocycles. The standard InChI is InChI=1S/C11H12ClN3O3/c1-6(7-2-3-7)14-11(16)8-4-10(12)13-5-9(8)15(17)18/h4-7H,2-3H2,1H3,(H,14,16). The van der Waals surface area contributed by atoms with Crippen LogP contribution in [0, 0.1) is 16.0 Å². The lowest BCUT2D eigenvalue weighted by atomic mass is 10.1. The first-order chi connectivity index (χ1) is 8.49. The largest absolute Gasteiger partial charge is 0.349 e. The molecule has 1 aliphatic carbocycles. The summed E-state index contributed by atoms with van der Waals surface area (Å²) in [7, 11) is 0. The first-order valence-electron chi connectivity index (χ1n) is 5.60. The molecule has 1 heterocycles. The molecule has 0 aromatic carbocycles. The van der Waals surface area contributed by atoms with Crippen molar-refractivity contribution in [2.24, 2.45) is 5.92 Å². The summed E-state index contributed by atoms with van der Waals surface area (Å²) in [6, 6.07) is 1.23. The first-order valence-corrected chi connectivity index (χ1v) is 5.97. The fourth-order valence-electron chi connectivity index (χ4n) is 1.75. The minimum atomic E-state index is -0.639. The van der Waals surface area contributed by atoms with Crippen molar-refractivity contribution in [2.75, 3.05) is 0 Å². The van der Waals surface area contributed by atoms with Crippen molar-refractivity contribution in [2.45, 2.75) is 25.8 Å². The van der Waals surface area contributed by atoms with E-state index in [9.17, 15) is 14.9 Å². The predicted molar refractivity (Wildman–Crippen MR) is 65.6 cm³/mol. The number of pyridine rings is 1. The maximum Gasteiger partial charge on any atom is 0.300 e. The van der Waals surface area contributed by atoms with Gasteiger partial charge in [0.2, 0.25) is 0 Å². The summed E-state index contributed by atoms with van der Waals surface area (Å²) in [5.41, 5.74) is -0.382. The number of halogens is 1. The molecule has 1 N–H and O–H groups in total. The molecule has 1 unspecified atom stereocenters. The third-order valence-electron chi connectivity index (χ3n) is 2.98. The fraction of sp³-hybridized carbons (Fsp3) is 0.455. The van der Waals surface area contributed by atoms with E-state index in [4.69, 9.17) is 11.6 Å². The van der Waals surface area contributed by atoms with E-state index >= 15 is 0 Å². The highest BCUT2D eigenvalue weighted by Gasteiger charge is 2.30. The number of hydrogen-bond acceptors (Lipinski definition) is 4. The zero-order valence-electron chi connectivity index (χ0n) is 9.72. The summed E-state index contributed by atoms with van der Waals surface area (Å²) in [6.07, 6.45) is 3.17. The Balaban J connectivity index is 2.22. The van der Waals surface area contributed by atoms with E-state index < -0.39 is 10.8 Å². The van der Waals surface area contributed by atoms with Gasteiger partial charge in [-0.2, -0.15) is 0 Å². The minimum absolute atomic E-state index is 0.0176. The molecule has 1 fully saturated rings. The molecular weight excluding hydrogens is 258 g/mol. The molecule has 1 saturated carbocycles. The molecule has 18 heavy (non-hydrogen) atoms. The van der Waals surface area contributed by atoms with Crippen LogP contribution in [0.15, 0.2) is 12.3 Å². The van der Waals surface area contributed by atoms with Gasteiger partial charge in [0.05, 0.1) is 4.92 Å². The normalized spacial score (nSPS) is 16.1. The molecule has 0 radical (unpaired) electrons. The number of carbonyl (C=O) groups excluding carboxylic acids is 1. The fourth-order valence-corrected chi connectivity index (χ4v) is 1.91. The van der Waals surface area contributed by atoms with Gasteiger partial charge < -0.3 is 5.32 Å². The summed E-state index contributed by atoms with van der Waals surface area (Å²) < 4.78 is 0. The number of amides is 1. The molecule has 2 rings (SSSR count). The topological polar surface area (TPSA) is 85.1 Å². The SMILES string of the molecule is CC(NC(=O)c1cc(Cl)ncc1[N+](=O)[O-])C1CC1. The molecule has 96 valence electrons. The van der Waals surface area contributed by atoms with Gasteiger partial charge in [0.25, 0.3) is 11.6 Å². The van der Waals surface area contributed by atoms with Crippen molar-refractivity contribution in [1.29, 1.82) is 0 Å². The number of rotatable bonds is 4. The number of carbonyl (C=O) groups is 1. The Morgan fingerprint density at radius 3 is 2.89 bits per heavy atom. The molecule has 1 aliphatic rings. The Labute approximate surface area is 109 Å². The van der Waals surface area contributed by atoms with Gasteiger partial charge in [0.15, 0.2) is 0 Å².